The molecule has 0 aliphatic rings. The van der Waals surface area contributed by atoms with Crippen LogP contribution >= 0.6 is 0 Å². The van der Waals surface area contributed by atoms with Crippen molar-refractivity contribution in [3.63, 3.8) is 0 Å². The van der Waals surface area contributed by atoms with E-state index in [0.717, 1.165) is 12.8 Å². The molecule has 0 atom stereocenters. The Morgan fingerprint density at radius 2 is 2.00 bits per heavy atom. The summed E-state index contributed by atoms with van der Waals surface area (Å²) in [5, 5.41) is 0.711. The van der Waals surface area contributed by atoms with Gasteiger partial charge in [0.05, 0.1) is 0 Å². The Bertz CT molecular complexity index is 196. The van der Waals surface area contributed by atoms with Crippen LogP contribution in [-0.4, -0.2) is 13.0 Å². The average Bonchev–Trinajstić information content (AvgIpc) is 1.78. The van der Waals surface area contributed by atoms with Crippen molar-refractivity contribution in [3.8, 4) is 0 Å². The Morgan fingerprint density at radius 3 is 2.36 bits per heavy atom. The van der Waals surface area contributed by atoms with E-state index in [2.05, 4.69) is 0 Å². The van der Waals surface area contributed by atoms with E-state index >= 15 is 0 Å². The SMILES string of the molecule is CCCCC=CS(=O)(=O)[O-].[Na+]. The summed E-state index contributed by atoms with van der Waals surface area (Å²) in [6, 6.07) is 0. The van der Waals surface area contributed by atoms with E-state index in [1.807, 2.05) is 6.92 Å². The molecular formula is C6H11NaO3S. The fourth-order valence-electron chi connectivity index (χ4n) is 0.508. The van der Waals surface area contributed by atoms with E-state index in [-0.39, 0.29) is 29.6 Å². The molecule has 0 bridgehead atoms. The molecule has 0 unspecified atom stereocenters. The Hall–Kier alpha value is 0.650. The minimum Gasteiger partial charge on any atom is -0.744 e. The van der Waals surface area contributed by atoms with Crippen LogP contribution in [0, 0.1) is 0 Å². The molecular weight excluding hydrogens is 175 g/mol. The van der Waals surface area contributed by atoms with Crippen molar-refractivity contribution in [2.45, 2.75) is 26.2 Å². The molecule has 0 heterocycles. The molecule has 0 rings (SSSR count). The monoisotopic (exact) mass is 186 g/mol. The van der Waals surface area contributed by atoms with E-state index < -0.39 is 10.1 Å². The maximum Gasteiger partial charge on any atom is 1.00 e. The molecule has 11 heavy (non-hydrogen) atoms. The van der Waals surface area contributed by atoms with Crippen molar-refractivity contribution in [2.75, 3.05) is 0 Å². The topological polar surface area (TPSA) is 57.2 Å². The zero-order valence-corrected chi connectivity index (χ0v) is 9.73. The van der Waals surface area contributed by atoms with E-state index in [0.29, 0.717) is 11.8 Å². The van der Waals surface area contributed by atoms with Gasteiger partial charge in [-0.15, -0.1) is 0 Å². The molecule has 0 aromatic heterocycles. The summed E-state index contributed by atoms with van der Waals surface area (Å²) in [4.78, 5) is 0. The maximum absolute atomic E-state index is 9.95. The smallest absolute Gasteiger partial charge is 0.744 e. The summed E-state index contributed by atoms with van der Waals surface area (Å²) in [5.41, 5.74) is 0. The van der Waals surface area contributed by atoms with Crippen LogP contribution in [0.5, 0.6) is 0 Å². The molecule has 0 fully saturated rings. The largest absolute Gasteiger partial charge is 1.00 e. The van der Waals surface area contributed by atoms with E-state index in [9.17, 15) is 13.0 Å². The Labute approximate surface area is 89.9 Å². The summed E-state index contributed by atoms with van der Waals surface area (Å²) >= 11 is 0. The molecule has 0 aliphatic carbocycles. The fraction of sp³-hybridized carbons (Fsp3) is 0.667. The van der Waals surface area contributed by atoms with E-state index in [1.165, 1.54) is 6.08 Å². The third-order valence-corrected chi connectivity index (χ3v) is 1.51. The maximum atomic E-state index is 9.95. The first kappa shape index (κ1) is 14.2. The van der Waals surface area contributed by atoms with Crippen LogP contribution in [0.3, 0.4) is 0 Å². The van der Waals surface area contributed by atoms with Crippen molar-refractivity contribution < 1.29 is 42.5 Å². The molecule has 0 radical (unpaired) electrons. The van der Waals surface area contributed by atoms with Gasteiger partial charge in [0, 0.05) is 5.41 Å². The van der Waals surface area contributed by atoms with Gasteiger partial charge >= 0.3 is 29.6 Å². The Morgan fingerprint density at radius 1 is 1.45 bits per heavy atom. The molecule has 0 saturated carbocycles. The minimum atomic E-state index is -4.14. The van der Waals surface area contributed by atoms with Gasteiger partial charge < -0.3 is 4.55 Å². The number of hydrogen-bond acceptors (Lipinski definition) is 3. The average molecular weight is 186 g/mol. The van der Waals surface area contributed by atoms with Crippen LogP contribution in [0.1, 0.15) is 26.2 Å². The van der Waals surface area contributed by atoms with E-state index in [1.54, 1.807) is 0 Å². The van der Waals surface area contributed by atoms with Crippen molar-refractivity contribution in [2.24, 2.45) is 0 Å². The second-order valence-corrected chi connectivity index (χ2v) is 3.26. The first-order valence-corrected chi connectivity index (χ1v) is 4.66. The van der Waals surface area contributed by atoms with Crippen LogP contribution < -0.4 is 29.6 Å². The zero-order valence-electron chi connectivity index (χ0n) is 6.91. The molecule has 0 amide bonds. The van der Waals surface area contributed by atoms with Gasteiger partial charge in [0.2, 0.25) is 0 Å². The van der Waals surface area contributed by atoms with Crippen LogP contribution in [0.25, 0.3) is 0 Å². The van der Waals surface area contributed by atoms with Crippen molar-refractivity contribution in [1.82, 2.24) is 0 Å². The summed E-state index contributed by atoms with van der Waals surface area (Å²) in [7, 11) is -4.14. The number of hydrogen-bond donors (Lipinski definition) is 0. The molecule has 0 aromatic rings. The van der Waals surface area contributed by atoms with Gasteiger partial charge in [0.1, 0.15) is 10.1 Å². The number of unbranched alkanes of at least 4 members (excludes halogenated alkanes) is 2. The second kappa shape index (κ2) is 7.31. The molecule has 60 valence electrons. The standard InChI is InChI=1S/C6H12O3S.Na/c1-2-3-4-5-6-10(7,8)9;/h5-6H,2-4H2,1H3,(H,7,8,9);/q;+1/p-1. The third-order valence-electron chi connectivity index (χ3n) is 0.987. The van der Waals surface area contributed by atoms with Gasteiger partial charge in [-0.3, -0.25) is 0 Å². The molecule has 5 heteroatoms. The minimum absolute atomic E-state index is 0. The first-order chi connectivity index (χ1) is 4.56. The summed E-state index contributed by atoms with van der Waals surface area (Å²) in [6.45, 7) is 2.00. The van der Waals surface area contributed by atoms with Gasteiger partial charge in [-0.05, 0) is 6.42 Å². The van der Waals surface area contributed by atoms with Gasteiger partial charge in [0.15, 0.2) is 0 Å². The fourth-order valence-corrected chi connectivity index (χ4v) is 0.880. The van der Waals surface area contributed by atoms with Crippen LogP contribution in [0.2, 0.25) is 0 Å². The van der Waals surface area contributed by atoms with Gasteiger partial charge in [0.25, 0.3) is 0 Å². The normalized spacial score (nSPS) is 11.5. The second-order valence-electron chi connectivity index (χ2n) is 2.01. The number of rotatable bonds is 4. The molecule has 0 N–H and O–H groups in total. The van der Waals surface area contributed by atoms with Crippen molar-refractivity contribution in [1.29, 1.82) is 0 Å². The van der Waals surface area contributed by atoms with Gasteiger partial charge in [-0.25, -0.2) is 8.42 Å². The van der Waals surface area contributed by atoms with E-state index in [4.69, 9.17) is 0 Å². The zero-order chi connectivity index (χ0) is 8.04. The van der Waals surface area contributed by atoms with Crippen LogP contribution in [0.4, 0.5) is 0 Å². The predicted molar refractivity (Wildman–Crippen MR) is 38.4 cm³/mol. The quantitative estimate of drug-likeness (QED) is 0.297. The third kappa shape index (κ3) is 13.6. The van der Waals surface area contributed by atoms with Crippen LogP contribution in [0.15, 0.2) is 11.5 Å². The predicted octanol–water partition coefficient (Wildman–Crippen LogP) is -1.76. The van der Waals surface area contributed by atoms with Gasteiger partial charge in [-0.2, -0.15) is 0 Å². The summed E-state index contributed by atoms with van der Waals surface area (Å²) in [6.07, 6.45) is 3.99. The van der Waals surface area contributed by atoms with Crippen molar-refractivity contribution >= 4 is 10.1 Å². The molecule has 0 saturated heterocycles. The molecule has 0 aromatic carbocycles. The van der Waals surface area contributed by atoms with Gasteiger partial charge in [-0.1, -0.05) is 25.8 Å². The van der Waals surface area contributed by atoms with Crippen LogP contribution in [-0.2, 0) is 10.1 Å². The summed E-state index contributed by atoms with van der Waals surface area (Å²) in [5.74, 6) is 0. The number of allylic oxidation sites excluding steroid dienone is 1. The molecule has 0 aliphatic heterocycles. The molecule has 0 spiro atoms. The Kier molecular flexibility index (Phi) is 9.43. The molecule has 3 nitrogen and oxygen atoms in total. The first-order valence-electron chi connectivity index (χ1n) is 3.18. The Balaban J connectivity index is 0. The summed E-state index contributed by atoms with van der Waals surface area (Å²) < 4.78 is 29.9. The van der Waals surface area contributed by atoms with Crippen molar-refractivity contribution in [3.05, 3.63) is 11.5 Å².